The number of ether oxygens (including phenoxy) is 1. The molecule has 0 fully saturated rings. The topological polar surface area (TPSA) is 29.5 Å². The molecule has 0 unspecified atom stereocenters. The summed E-state index contributed by atoms with van der Waals surface area (Å²) >= 11 is 0. The molecule has 2 rings (SSSR count). The van der Waals surface area contributed by atoms with Gasteiger partial charge in [-0.05, 0) is 36.4 Å². The van der Waals surface area contributed by atoms with E-state index in [2.05, 4.69) is 0 Å². The molecule has 2 aromatic carbocycles. The molecule has 0 heterocycles. The van der Waals surface area contributed by atoms with E-state index in [0.29, 0.717) is 17.9 Å². The van der Waals surface area contributed by atoms with Gasteiger partial charge in [0.1, 0.15) is 17.9 Å². The van der Waals surface area contributed by atoms with E-state index < -0.39 is 0 Å². The van der Waals surface area contributed by atoms with Crippen LogP contribution in [0.1, 0.15) is 15.9 Å². The lowest BCUT2D eigenvalue weighted by Gasteiger charge is -2.21. The molecule has 4 heteroatoms. The number of hydrogen-bond acceptors (Lipinski definition) is 3. The fourth-order valence-corrected chi connectivity index (χ4v) is 2.06. The van der Waals surface area contributed by atoms with Crippen LogP contribution in [0.25, 0.3) is 0 Å². The summed E-state index contributed by atoms with van der Waals surface area (Å²) in [6.45, 7) is 0.522. The predicted octanol–water partition coefficient (Wildman–Crippen LogP) is 3.28. The Morgan fingerprint density at radius 3 is 2.70 bits per heavy atom. The smallest absolute Gasteiger partial charge is 0.150 e. The zero-order valence-electron chi connectivity index (χ0n) is 11.5. The van der Waals surface area contributed by atoms with Gasteiger partial charge in [0.25, 0.3) is 0 Å². The molecule has 0 aliphatic carbocycles. The minimum absolute atomic E-state index is 0.275. The summed E-state index contributed by atoms with van der Waals surface area (Å²) in [5.41, 5.74) is 2.24. The van der Waals surface area contributed by atoms with Crippen LogP contribution in [0.2, 0.25) is 0 Å². The normalized spacial score (nSPS) is 10.2. The number of hydrogen-bond donors (Lipinski definition) is 0. The third kappa shape index (κ3) is 3.15. The summed E-state index contributed by atoms with van der Waals surface area (Å²) in [5.74, 6) is 0.432. The minimum atomic E-state index is -0.275. The van der Waals surface area contributed by atoms with E-state index in [1.54, 1.807) is 31.4 Å². The fourth-order valence-electron chi connectivity index (χ4n) is 2.06. The maximum absolute atomic E-state index is 13.2. The molecule has 0 bridgehead atoms. The molecule has 0 saturated carbocycles. The van der Waals surface area contributed by atoms with Gasteiger partial charge in [-0.15, -0.1) is 0 Å². The first kappa shape index (κ1) is 14.1. The second-order valence-electron chi connectivity index (χ2n) is 4.53. The van der Waals surface area contributed by atoms with Crippen molar-refractivity contribution in [3.05, 3.63) is 59.4 Å². The number of aldehydes is 1. The van der Waals surface area contributed by atoms with Crippen molar-refractivity contribution >= 4 is 12.0 Å². The lowest BCUT2D eigenvalue weighted by Crippen LogP contribution is -2.17. The van der Waals surface area contributed by atoms with Crippen molar-refractivity contribution in [2.24, 2.45) is 0 Å². The summed E-state index contributed by atoms with van der Waals surface area (Å²) in [5, 5.41) is 0. The number of benzene rings is 2. The molecule has 0 N–H and O–H groups in total. The van der Waals surface area contributed by atoms with Crippen molar-refractivity contribution in [2.45, 2.75) is 6.54 Å². The highest BCUT2D eigenvalue weighted by Crippen LogP contribution is 2.23. The first-order valence-corrected chi connectivity index (χ1v) is 6.23. The Bertz CT molecular complexity index is 613. The van der Waals surface area contributed by atoms with Gasteiger partial charge in [0.05, 0.1) is 7.11 Å². The zero-order chi connectivity index (χ0) is 14.5. The Hall–Kier alpha value is -2.36. The number of carbonyl (C=O) groups is 1. The Kier molecular flexibility index (Phi) is 4.35. The van der Waals surface area contributed by atoms with Crippen LogP contribution < -0.4 is 9.64 Å². The van der Waals surface area contributed by atoms with E-state index in [-0.39, 0.29) is 5.82 Å². The molecule has 0 amide bonds. The van der Waals surface area contributed by atoms with Gasteiger partial charge in [-0.3, -0.25) is 4.79 Å². The van der Waals surface area contributed by atoms with Gasteiger partial charge >= 0.3 is 0 Å². The molecule has 0 aromatic heterocycles. The second kappa shape index (κ2) is 6.19. The van der Waals surface area contributed by atoms with Crippen molar-refractivity contribution in [1.29, 1.82) is 0 Å². The molecular formula is C16H16FNO2. The van der Waals surface area contributed by atoms with E-state index in [9.17, 15) is 9.18 Å². The molecule has 0 spiro atoms. The van der Waals surface area contributed by atoms with E-state index in [0.717, 1.165) is 17.5 Å². The molecule has 0 radical (unpaired) electrons. The number of nitrogens with zero attached hydrogens (tertiary/aromatic N) is 1. The Labute approximate surface area is 117 Å². The van der Waals surface area contributed by atoms with E-state index in [1.807, 2.05) is 18.0 Å². The average molecular weight is 273 g/mol. The lowest BCUT2D eigenvalue weighted by molar-refractivity contribution is 0.112. The average Bonchev–Trinajstić information content (AvgIpc) is 2.47. The molecular weight excluding hydrogens is 257 g/mol. The highest BCUT2D eigenvalue weighted by molar-refractivity contribution is 5.75. The van der Waals surface area contributed by atoms with Crippen LogP contribution in [0.4, 0.5) is 10.1 Å². The van der Waals surface area contributed by atoms with Gasteiger partial charge in [-0.1, -0.05) is 6.07 Å². The van der Waals surface area contributed by atoms with E-state index in [4.69, 9.17) is 4.74 Å². The Balaban J connectivity index is 2.26. The van der Waals surface area contributed by atoms with Gasteiger partial charge in [0, 0.05) is 30.4 Å². The SMILES string of the molecule is COc1ccc(C=O)cc1CN(C)c1cccc(F)c1. The highest BCUT2D eigenvalue weighted by atomic mass is 19.1. The summed E-state index contributed by atoms with van der Waals surface area (Å²) in [7, 11) is 3.45. The second-order valence-corrected chi connectivity index (χ2v) is 4.53. The van der Waals surface area contributed by atoms with Crippen molar-refractivity contribution in [3.63, 3.8) is 0 Å². The molecule has 104 valence electrons. The molecule has 3 nitrogen and oxygen atoms in total. The molecule has 0 aliphatic heterocycles. The number of carbonyl (C=O) groups excluding carboxylic acids is 1. The van der Waals surface area contributed by atoms with Crippen LogP contribution in [0.5, 0.6) is 5.75 Å². The molecule has 0 atom stereocenters. The van der Waals surface area contributed by atoms with E-state index >= 15 is 0 Å². The monoisotopic (exact) mass is 273 g/mol. The minimum Gasteiger partial charge on any atom is -0.496 e. The first-order valence-electron chi connectivity index (χ1n) is 6.23. The van der Waals surface area contributed by atoms with Crippen LogP contribution >= 0.6 is 0 Å². The summed E-state index contributed by atoms with van der Waals surface area (Å²) in [6, 6.07) is 11.6. The van der Waals surface area contributed by atoms with Crippen LogP contribution in [0, 0.1) is 5.82 Å². The molecule has 0 saturated heterocycles. The number of methoxy groups -OCH3 is 1. The van der Waals surface area contributed by atoms with Gasteiger partial charge in [0.2, 0.25) is 0 Å². The van der Waals surface area contributed by atoms with Gasteiger partial charge < -0.3 is 9.64 Å². The summed E-state index contributed by atoms with van der Waals surface area (Å²) in [6.07, 6.45) is 0.797. The number of halogens is 1. The molecule has 2 aromatic rings. The lowest BCUT2D eigenvalue weighted by atomic mass is 10.1. The van der Waals surface area contributed by atoms with Gasteiger partial charge in [-0.2, -0.15) is 0 Å². The first-order chi connectivity index (χ1) is 9.63. The van der Waals surface area contributed by atoms with Crippen LogP contribution in [-0.2, 0) is 6.54 Å². The Morgan fingerprint density at radius 2 is 2.05 bits per heavy atom. The summed E-state index contributed by atoms with van der Waals surface area (Å²) < 4.78 is 18.5. The molecule has 0 aliphatic rings. The van der Waals surface area contributed by atoms with Crippen LogP contribution in [0.3, 0.4) is 0 Å². The number of anilines is 1. The predicted molar refractivity (Wildman–Crippen MR) is 76.9 cm³/mol. The van der Waals surface area contributed by atoms with Crippen LogP contribution in [-0.4, -0.2) is 20.4 Å². The van der Waals surface area contributed by atoms with Crippen molar-refractivity contribution in [2.75, 3.05) is 19.1 Å². The zero-order valence-corrected chi connectivity index (χ0v) is 11.5. The van der Waals surface area contributed by atoms with Crippen molar-refractivity contribution in [1.82, 2.24) is 0 Å². The number of rotatable bonds is 5. The largest absolute Gasteiger partial charge is 0.496 e. The van der Waals surface area contributed by atoms with Crippen molar-refractivity contribution in [3.8, 4) is 5.75 Å². The van der Waals surface area contributed by atoms with Crippen molar-refractivity contribution < 1.29 is 13.9 Å². The maximum atomic E-state index is 13.2. The third-order valence-electron chi connectivity index (χ3n) is 3.10. The van der Waals surface area contributed by atoms with Gasteiger partial charge in [-0.25, -0.2) is 4.39 Å². The maximum Gasteiger partial charge on any atom is 0.150 e. The quantitative estimate of drug-likeness (QED) is 0.783. The molecule has 20 heavy (non-hydrogen) atoms. The van der Waals surface area contributed by atoms with Crippen LogP contribution in [0.15, 0.2) is 42.5 Å². The Morgan fingerprint density at radius 1 is 1.25 bits per heavy atom. The fraction of sp³-hybridized carbons (Fsp3) is 0.188. The third-order valence-corrected chi connectivity index (χ3v) is 3.10. The van der Waals surface area contributed by atoms with Gasteiger partial charge in [0.15, 0.2) is 0 Å². The standard InChI is InChI=1S/C16H16FNO2/c1-18(15-5-3-4-14(17)9-15)10-13-8-12(11-19)6-7-16(13)20-2/h3-9,11H,10H2,1-2H3. The van der Waals surface area contributed by atoms with E-state index in [1.165, 1.54) is 12.1 Å². The highest BCUT2D eigenvalue weighted by Gasteiger charge is 2.09. The summed E-state index contributed by atoms with van der Waals surface area (Å²) in [4.78, 5) is 12.8.